The lowest BCUT2D eigenvalue weighted by atomic mass is 9.87. The summed E-state index contributed by atoms with van der Waals surface area (Å²) >= 11 is 0. The summed E-state index contributed by atoms with van der Waals surface area (Å²) in [4.78, 5) is 0. The fourth-order valence-corrected chi connectivity index (χ4v) is 2.94. The number of aromatic nitrogens is 4. The summed E-state index contributed by atoms with van der Waals surface area (Å²) in [7, 11) is 1.71. The Balaban J connectivity index is 2.09. The highest BCUT2D eigenvalue weighted by Crippen LogP contribution is 2.45. The van der Waals surface area contributed by atoms with Crippen LogP contribution < -0.4 is 5.32 Å². The van der Waals surface area contributed by atoms with Crippen molar-refractivity contribution in [2.24, 2.45) is 5.41 Å². The zero-order chi connectivity index (χ0) is 13.9. The van der Waals surface area contributed by atoms with Crippen LogP contribution >= 0.6 is 0 Å². The monoisotopic (exact) mass is 267 g/mol. The maximum absolute atomic E-state index is 5.05. The Kier molecular flexibility index (Phi) is 4.52. The normalized spacial score (nSPS) is 23.7. The van der Waals surface area contributed by atoms with Crippen molar-refractivity contribution in [1.82, 2.24) is 25.5 Å². The molecule has 6 heteroatoms. The van der Waals surface area contributed by atoms with Crippen molar-refractivity contribution < 1.29 is 4.74 Å². The van der Waals surface area contributed by atoms with Crippen LogP contribution in [-0.2, 0) is 4.74 Å². The van der Waals surface area contributed by atoms with Crippen molar-refractivity contribution >= 4 is 0 Å². The number of tetrazole rings is 1. The zero-order valence-electron chi connectivity index (χ0n) is 12.4. The second-order valence-electron chi connectivity index (χ2n) is 6.05. The van der Waals surface area contributed by atoms with E-state index in [0.717, 1.165) is 18.8 Å². The van der Waals surface area contributed by atoms with E-state index in [1.54, 1.807) is 7.11 Å². The third kappa shape index (κ3) is 3.12. The fourth-order valence-electron chi connectivity index (χ4n) is 2.94. The van der Waals surface area contributed by atoms with Crippen LogP contribution in [0.25, 0.3) is 0 Å². The van der Waals surface area contributed by atoms with E-state index in [0.29, 0.717) is 12.6 Å². The molecule has 2 atom stereocenters. The van der Waals surface area contributed by atoms with Crippen LogP contribution in [-0.4, -0.2) is 40.5 Å². The Labute approximate surface area is 114 Å². The van der Waals surface area contributed by atoms with Gasteiger partial charge in [-0.2, -0.15) is 0 Å². The molecule has 108 valence electrons. The van der Waals surface area contributed by atoms with Crippen molar-refractivity contribution in [3.05, 3.63) is 5.82 Å². The van der Waals surface area contributed by atoms with Gasteiger partial charge < -0.3 is 10.1 Å². The van der Waals surface area contributed by atoms with Crippen LogP contribution in [0.15, 0.2) is 0 Å². The van der Waals surface area contributed by atoms with Crippen LogP contribution in [0.3, 0.4) is 0 Å². The molecule has 1 aliphatic carbocycles. The average molecular weight is 267 g/mol. The Hall–Kier alpha value is -1.01. The van der Waals surface area contributed by atoms with Crippen molar-refractivity contribution in [2.45, 2.75) is 52.1 Å². The van der Waals surface area contributed by atoms with E-state index in [9.17, 15) is 0 Å². The lowest BCUT2D eigenvalue weighted by Gasteiger charge is -2.28. The summed E-state index contributed by atoms with van der Waals surface area (Å²) in [5.74, 6) is 0.927. The summed E-state index contributed by atoms with van der Waals surface area (Å²) < 4.78 is 7.08. The van der Waals surface area contributed by atoms with Crippen LogP contribution in [0.2, 0.25) is 0 Å². The first-order chi connectivity index (χ1) is 9.06. The molecule has 1 aliphatic rings. The summed E-state index contributed by atoms with van der Waals surface area (Å²) in [6, 6.07) is 0.547. The molecular weight excluding hydrogens is 242 g/mol. The number of hydrogen-bond donors (Lipinski definition) is 1. The van der Waals surface area contributed by atoms with Crippen LogP contribution in [0.4, 0.5) is 0 Å². The van der Waals surface area contributed by atoms with Crippen molar-refractivity contribution in [1.29, 1.82) is 0 Å². The van der Waals surface area contributed by atoms with Gasteiger partial charge in [-0.15, -0.1) is 5.10 Å². The van der Waals surface area contributed by atoms with Crippen molar-refractivity contribution in [3.8, 4) is 0 Å². The van der Waals surface area contributed by atoms with Gasteiger partial charge in [0.15, 0.2) is 5.82 Å². The number of ether oxygens (including phenoxy) is 1. The molecule has 0 spiro atoms. The minimum absolute atomic E-state index is 0.140. The van der Waals surface area contributed by atoms with E-state index >= 15 is 0 Å². The number of nitrogens with one attached hydrogen (secondary N) is 1. The van der Waals surface area contributed by atoms with E-state index in [1.165, 1.54) is 12.8 Å². The molecule has 2 unspecified atom stereocenters. The molecule has 0 radical (unpaired) electrons. The molecule has 1 N–H and O–H groups in total. The predicted molar refractivity (Wildman–Crippen MR) is 72.8 cm³/mol. The highest BCUT2D eigenvalue weighted by Gasteiger charge is 2.38. The molecule has 2 rings (SSSR count). The maximum atomic E-state index is 5.05. The van der Waals surface area contributed by atoms with E-state index in [-0.39, 0.29) is 11.5 Å². The smallest absolute Gasteiger partial charge is 0.168 e. The van der Waals surface area contributed by atoms with Crippen LogP contribution in [0.1, 0.15) is 57.9 Å². The van der Waals surface area contributed by atoms with Crippen LogP contribution in [0.5, 0.6) is 0 Å². The molecule has 0 saturated heterocycles. The quantitative estimate of drug-likeness (QED) is 0.795. The number of rotatable bonds is 6. The highest BCUT2D eigenvalue weighted by molar-refractivity contribution is 4.97. The molecule has 1 aromatic heterocycles. The van der Waals surface area contributed by atoms with E-state index in [2.05, 4.69) is 41.6 Å². The Morgan fingerprint density at radius 3 is 2.95 bits per heavy atom. The average Bonchev–Trinajstić information content (AvgIpc) is 2.94. The summed E-state index contributed by atoms with van der Waals surface area (Å²) in [5.41, 5.74) is 0.274. The first-order valence-electron chi connectivity index (χ1n) is 7.06. The van der Waals surface area contributed by atoms with E-state index in [1.807, 2.05) is 4.68 Å². The van der Waals surface area contributed by atoms with Crippen LogP contribution in [0, 0.1) is 5.41 Å². The van der Waals surface area contributed by atoms with Gasteiger partial charge in [0.05, 0.1) is 18.7 Å². The molecule has 1 fully saturated rings. The van der Waals surface area contributed by atoms with Gasteiger partial charge in [0.25, 0.3) is 0 Å². The van der Waals surface area contributed by atoms with Gasteiger partial charge in [-0.3, -0.25) is 0 Å². The van der Waals surface area contributed by atoms with Gasteiger partial charge >= 0.3 is 0 Å². The number of hydrogen-bond acceptors (Lipinski definition) is 5. The van der Waals surface area contributed by atoms with Gasteiger partial charge in [-0.1, -0.05) is 20.3 Å². The maximum Gasteiger partial charge on any atom is 0.168 e. The molecule has 0 aliphatic heterocycles. The second-order valence-corrected chi connectivity index (χ2v) is 6.05. The number of methoxy groups -OCH3 is 1. The first-order valence-corrected chi connectivity index (χ1v) is 7.06. The summed E-state index contributed by atoms with van der Waals surface area (Å²) in [6.07, 6.45) is 3.65. The summed E-state index contributed by atoms with van der Waals surface area (Å²) in [6.45, 7) is 8.21. The van der Waals surface area contributed by atoms with Gasteiger partial charge in [0.2, 0.25) is 0 Å². The Bertz CT molecular complexity index is 403. The highest BCUT2D eigenvalue weighted by atomic mass is 16.5. The molecule has 1 aromatic rings. The molecule has 6 nitrogen and oxygen atoms in total. The molecular formula is C13H25N5O. The Morgan fingerprint density at radius 1 is 1.53 bits per heavy atom. The van der Waals surface area contributed by atoms with Gasteiger partial charge in [-0.05, 0) is 35.6 Å². The van der Waals surface area contributed by atoms with Gasteiger partial charge in [0, 0.05) is 13.7 Å². The molecule has 1 saturated carbocycles. The molecule has 1 heterocycles. The predicted octanol–water partition coefficient (Wildman–Crippen LogP) is 1.72. The SMILES string of the molecule is COCCNC(C)c1nnnn1C1CCCC1(C)C. The van der Waals surface area contributed by atoms with E-state index in [4.69, 9.17) is 4.74 Å². The standard InChI is InChI=1S/C13H25N5O/c1-10(14-8-9-19-4)12-15-16-17-18(12)11-6-5-7-13(11,2)3/h10-11,14H,5-9H2,1-4H3. The van der Waals surface area contributed by atoms with Gasteiger partial charge in [0.1, 0.15) is 0 Å². The molecule has 0 amide bonds. The third-order valence-corrected chi connectivity index (χ3v) is 4.16. The Morgan fingerprint density at radius 2 is 2.32 bits per heavy atom. The third-order valence-electron chi connectivity index (χ3n) is 4.16. The lowest BCUT2D eigenvalue weighted by molar-refractivity contribution is 0.193. The largest absolute Gasteiger partial charge is 0.383 e. The van der Waals surface area contributed by atoms with Crippen molar-refractivity contribution in [2.75, 3.05) is 20.3 Å². The molecule has 0 aromatic carbocycles. The minimum atomic E-state index is 0.140. The lowest BCUT2D eigenvalue weighted by Crippen LogP contribution is -2.29. The summed E-state index contributed by atoms with van der Waals surface area (Å²) in [5, 5.41) is 15.7. The van der Waals surface area contributed by atoms with Crippen molar-refractivity contribution in [3.63, 3.8) is 0 Å². The second kappa shape index (κ2) is 5.96. The van der Waals surface area contributed by atoms with Gasteiger partial charge in [-0.25, -0.2) is 4.68 Å². The first kappa shape index (κ1) is 14.4. The molecule has 0 bridgehead atoms. The molecule has 19 heavy (non-hydrogen) atoms. The number of nitrogens with zero attached hydrogens (tertiary/aromatic N) is 4. The van der Waals surface area contributed by atoms with E-state index < -0.39 is 0 Å². The minimum Gasteiger partial charge on any atom is -0.383 e. The fraction of sp³-hybridized carbons (Fsp3) is 0.923. The zero-order valence-corrected chi connectivity index (χ0v) is 12.4. The topological polar surface area (TPSA) is 64.9 Å².